The van der Waals surface area contributed by atoms with E-state index in [4.69, 9.17) is 11.6 Å². The van der Waals surface area contributed by atoms with E-state index in [-0.39, 0.29) is 11.1 Å². The first-order valence-electron chi connectivity index (χ1n) is 8.44. The fraction of sp³-hybridized carbons (Fsp3) is 0.368. The van der Waals surface area contributed by atoms with Crippen LogP contribution in [0.2, 0.25) is 5.02 Å². The molecule has 2 aromatic carbocycles. The van der Waals surface area contributed by atoms with Gasteiger partial charge in [-0.25, -0.2) is 0 Å². The highest BCUT2D eigenvalue weighted by Crippen LogP contribution is 2.39. The highest BCUT2D eigenvalue weighted by molar-refractivity contribution is 9.10. The zero-order valence-electron chi connectivity index (χ0n) is 14.0. The third-order valence-electron chi connectivity index (χ3n) is 4.55. The van der Waals surface area contributed by atoms with Gasteiger partial charge in [-0.05, 0) is 42.3 Å². The van der Waals surface area contributed by atoms with Crippen LogP contribution in [0.15, 0.2) is 46.9 Å². The average molecular weight is 448 g/mol. The highest BCUT2D eigenvalue weighted by atomic mass is 79.9. The lowest BCUT2D eigenvalue weighted by Gasteiger charge is -2.32. The average Bonchev–Trinajstić information content (AvgIpc) is 2.86. The molecular weight excluding hydrogens is 429 g/mol. The van der Waals surface area contributed by atoms with Gasteiger partial charge in [-0.2, -0.15) is 13.2 Å². The first kappa shape index (κ1) is 19.7. The largest absolute Gasteiger partial charge is 0.417 e. The van der Waals surface area contributed by atoms with E-state index in [1.54, 1.807) is 6.07 Å². The fourth-order valence-corrected chi connectivity index (χ4v) is 4.07. The number of hydrogen-bond donors (Lipinski definition) is 1. The van der Waals surface area contributed by atoms with Crippen molar-refractivity contribution in [3.8, 4) is 0 Å². The predicted octanol–water partition coefficient (Wildman–Crippen LogP) is 5.51. The van der Waals surface area contributed by atoms with Crippen molar-refractivity contribution in [3.63, 3.8) is 0 Å². The van der Waals surface area contributed by atoms with Gasteiger partial charge in [0.05, 0.1) is 16.6 Å². The molecule has 1 unspecified atom stereocenters. The Hall–Kier alpha value is -1.08. The van der Waals surface area contributed by atoms with E-state index in [0.29, 0.717) is 5.56 Å². The minimum atomic E-state index is -4.48. The summed E-state index contributed by atoms with van der Waals surface area (Å²) in [7, 11) is 0. The lowest BCUT2D eigenvalue weighted by molar-refractivity contribution is -0.137. The predicted molar refractivity (Wildman–Crippen MR) is 101 cm³/mol. The van der Waals surface area contributed by atoms with Crippen LogP contribution in [0.25, 0.3) is 0 Å². The Kier molecular flexibility index (Phi) is 6.28. The first-order valence-corrected chi connectivity index (χ1v) is 9.61. The van der Waals surface area contributed by atoms with Gasteiger partial charge in [0.25, 0.3) is 0 Å². The van der Waals surface area contributed by atoms with Gasteiger partial charge >= 0.3 is 6.18 Å². The van der Waals surface area contributed by atoms with Crippen LogP contribution in [0.3, 0.4) is 0 Å². The molecule has 0 amide bonds. The summed E-state index contributed by atoms with van der Waals surface area (Å²) in [4.78, 5) is 2.23. The molecule has 1 fully saturated rings. The van der Waals surface area contributed by atoms with E-state index < -0.39 is 11.7 Å². The van der Waals surface area contributed by atoms with Crippen molar-refractivity contribution < 1.29 is 13.2 Å². The number of benzene rings is 2. The van der Waals surface area contributed by atoms with Crippen LogP contribution in [0.4, 0.5) is 13.2 Å². The second kappa shape index (κ2) is 8.30. The summed E-state index contributed by atoms with van der Waals surface area (Å²) >= 11 is 9.38. The van der Waals surface area contributed by atoms with Crippen molar-refractivity contribution in [1.29, 1.82) is 0 Å². The molecule has 140 valence electrons. The molecule has 1 aliphatic rings. The number of halogens is 5. The Balaban J connectivity index is 2.10. The van der Waals surface area contributed by atoms with Crippen LogP contribution in [0.5, 0.6) is 0 Å². The summed E-state index contributed by atoms with van der Waals surface area (Å²) in [5, 5.41) is 3.07. The molecule has 1 N–H and O–H groups in total. The van der Waals surface area contributed by atoms with Crippen molar-refractivity contribution >= 4 is 27.5 Å². The zero-order chi connectivity index (χ0) is 18.7. The van der Waals surface area contributed by atoms with Gasteiger partial charge in [-0.3, -0.25) is 4.90 Å². The molecule has 2 aromatic rings. The molecule has 3 rings (SSSR count). The Morgan fingerprint density at radius 1 is 1.08 bits per heavy atom. The third-order valence-corrected chi connectivity index (χ3v) is 5.60. The maximum atomic E-state index is 13.4. The van der Waals surface area contributed by atoms with Crippen LogP contribution in [-0.2, 0) is 6.18 Å². The van der Waals surface area contributed by atoms with E-state index in [1.165, 1.54) is 12.1 Å². The molecule has 0 saturated carbocycles. The molecule has 1 aliphatic heterocycles. The van der Waals surface area contributed by atoms with Crippen LogP contribution < -0.4 is 5.32 Å². The SMILES string of the molecule is FC(F)(F)c1cc(C(c2ccccc2Br)N2CCCNCC2)ccc1Cl. The Bertz CT molecular complexity index is 759. The van der Waals surface area contributed by atoms with E-state index in [9.17, 15) is 13.2 Å². The molecule has 0 bridgehead atoms. The normalized spacial score (nSPS) is 17.7. The molecule has 0 aromatic heterocycles. The molecule has 26 heavy (non-hydrogen) atoms. The van der Waals surface area contributed by atoms with E-state index in [0.717, 1.165) is 42.6 Å². The molecule has 1 saturated heterocycles. The molecule has 1 heterocycles. The topological polar surface area (TPSA) is 15.3 Å². The summed E-state index contributed by atoms with van der Waals surface area (Å²) in [5.41, 5.74) is 0.752. The molecule has 0 aliphatic carbocycles. The van der Waals surface area contributed by atoms with E-state index in [1.807, 2.05) is 24.3 Å². The van der Waals surface area contributed by atoms with Gasteiger partial charge < -0.3 is 5.32 Å². The van der Waals surface area contributed by atoms with E-state index in [2.05, 4.69) is 26.1 Å². The summed E-state index contributed by atoms with van der Waals surface area (Å²) < 4.78 is 41.0. The smallest absolute Gasteiger partial charge is 0.315 e. The van der Waals surface area contributed by atoms with Gasteiger partial charge in [-0.1, -0.05) is 51.8 Å². The quantitative estimate of drug-likeness (QED) is 0.668. The van der Waals surface area contributed by atoms with Gasteiger partial charge in [0.2, 0.25) is 0 Å². The number of rotatable bonds is 3. The van der Waals surface area contributed by atoms with Crippen LogP contribution in [-0.4, -0.2) is 31.1 Å². The summed E-state index contributed by atoms with van der Waals surface area (Å²) in [5.74, 6) is 0. The minimum absolute atomic E-state index is 0.273. The number of nitrogens with zero attached hydrogens (tertiary/aromatic N) is 1. The lowest BCUT2D eigenvalue weighted by Crippen LogP contribution is -2.33. The van der Waals surface area contributed by atoms with Crippen LogP contribution in [0.1, 0.15) is 29.2 Å². The summed E-state index contributed by atoms with van der Waals surface area (Å²) in [6.45, 7) is 3.28. The Morgan fingerprint density at radius 2 is 1.85 bits per heavy atom. The van der Waals surface area contributed by atoms with Crippen molar-refractivity contribution in [2.75, 3.05) is 26.2 Å². The van der Waals surface area contributed by atoms with Gasteiger partial charge in [-0.15, -0.1) is 0 Å². The van der Waals surface area contributed by atoms with Crippen molar-refractivity contribution in [3.05, 3.63) is 68.7 Å². The van der Waals surface area contributed by atoms with Gasteiger partial charge in [0, 0.05) is 24.1 Å². The second-order valence-corrected chi connectivity index (χ2v) is 7.56. The molecule has 0 radical (unpaired) electrons. The van der Waals surface area contributed by atoms with Gasteiger partial charge in [0.15, 0.2) is 0 Å². The summed E-state index contributed by atoms with van der Waals surface area (Å²) in [6, 6.07) is 11.6. The third kappa shape index (κ3) is 4.42. The maximum absolute atomic E-state index is 13.4. The van der Waals surface area contributed by atoms with Crippen molar-refractivity contribution in [1.82, 2.24) is 10.2 Å². The zero-order valence-corrected chi connectivity index (χ0v) is 16.3. The minimum Gasteiger partial charge on any atom is -0.315 e. The lowest BCUT2D eigenvalue weighted by atomic mass is 9.95. The van der Waals surface area contributed by atoms with Crippen molar-refractivity contribution in [2.24, 2.45) is 0 Å². The first-order chi connectivity index (χ1) is 12.4. The number of nitrogens with one attached hydrogen (secondary N) is 1. The highest BCUT2D eigenvalue weighted by Gasteiger charge is 2.35. The second-order valence-electron chi connectivity index (χ2n) is 6.30. The van der Waals surface area contributed by atoms with Crippen LogP contribution in [0, 0.1) is 0 Å². The van der Waals surface area contributed by atoms with Gasteiger partial charge in [0.1, 0.15) is 0 Å². The monoisotopic (exact) mass is 446 g/mol. The van der Waals surface area contributed by atoms with E-state index >= 15 is 0 Å². The Labute approximate surface area is 164 Å². The van der Waals surface area contributed by atoms with Crippen LogP contribution >= 0.6 is 27.5 Å². The molecule has 1 atom stereocenters. The number of hydrogen-bond acceptors (Lipinski definition) is 2. The number of alkyl halides is 3. The standard InChI is InChI=1S/C19H19BrClF3N2/c20-16-5-2-1-4-14(16)18(26-10-3-8-25-9-11-26)13-6-7-17(21)15(12-13)19(22,23)24/h1-2,4-7,12,18,25H,3,8-11H2. The molecular formula is C19H19BrClF3N2. The molecule has 2 nitrogen and oxygen atoms in total. The summed E-state index contributed by atoms with van der Waals surface area (Å²) in [6.07, 6.45) is -3.54. The maximum Gasteiger partial charge on any atom is 0.417 e. The van der Waals surface area contributed by atoms with Crippen molar-refractivity contribution in [2.45, 2.75) is 18.6 Å². The Morgan fingerprint density at radius 3 is 2.58 bits per heavy atom. The molecule has 0 spiro atoms. The molecule has 7 heteroatoms. The fourth-order valence-electron chi connectivity index (χ4n) is 3.34.